The summed E-state index contributed by atoms with van der Waals surface area (Å²) in [6.07, 6.45) is 3.54. The number of ketones is 1. The molecule has 88 valence electrons. The SMILES string of the molecule is N#CCc1ccc(OC2CCCC(=O)C2)cc1. The van der Waals surface area contributed by atoms with Gasteiger partial charge < -0.3 is 4.74 Å². The largest absolute Gasteiger partial charge is 0.490 e. The molecule has 2 rings (SSSR count). The Morgan fingerprint density at radius 3 is 2.76 bits per heavy atom. The van der Waals surface area contributed by atoms with Crippen molar-refractivity contribution in [2.45, 2.75) is 38.2 Å². The smallest absolute Gasteiger partial charge is 0.136 e. The number of nitrogens with zero attached hydrogens (tertiary/aromatic N) is 1. The van der Waals surface area contributed by atoms with Crippen molar-refractivity contribution in [1.82, 2.24) is 0 Å². The van der Waals surface area contributed by atoms with E-state index in [-0.39, 0.29) is 6.10 Å². The van der Waals surface area contributed by atoms with Crippen molar-refractivity contribution in [2.24, 2.45) is 0 Å². The van der Waals surface area contributed by atoms with E-state index in [0.29, 0.717) is 25.0 Å². The number of hydrogen-bond donors (Lipinski definition) is 0. The third-order valence-electron chi connectivity index (χ3n) is 2.95. The summed E-state index contributed by atoms with van der Waals surface area (Å²) in [4.78, 5) is 11.3. The van der Waals surface area contributed by atoms with E-state index in [1.54, 1.807) is 0 Å². The molecule has 0 bridgehead atoms. The summed E-state index contributed by atoms with van der Waals surface area (Å²) in [6, 6.07) is 9.62. The van der Waals surface area contributed by atoms with Gasteiger partial charge in [-0.3, -0.25) is 4.79 Å². The Morgan fingerprint density at radius 1 is 1.35 bits per heavy atom. The normalized spacial score (nSPS) is 19.7. The molecule has 1 saturated carbocycles. The highest BCUT2D eigenvalue weighted by Crippen LogP contribution is 2.21. The maximum Gasteiger partial charge on any atom is 0.136 e. The van der Waals surface area contributed by atoms with Gasteiger partial charge in [0.2, 0.25) is 0 Å². The number of hydrogen-bond acceptors (Lipinski definition) is 3. The third-order valence-corrected chi connectivity index (χ3v) is 2.95. The van der Waals surface area contributed by atoms with Gasteiger partial charge in [-0.2, -0.15) is 5.26 Å². The van der Waals surface area contributed by atoms with E-state index in [4.69, 9.17) is 10.00 Å². The van der Waals surface area contributed by atoms with E-state index in [0.717, 1.165) is 24.2 Å². The first-order valence-electron chi connectivity index (χ1n) is 5.92. The Kier molecular flexibility index (Phi) is 3.77. The molecule has 0 spiro atoms. The molecule has 1 unspecified atom stereocenters. The summed E-state index contributed by atoms with van der Waals surface area (Å²) >= 11 is 0. The van der Waals surface area contributed by atoms with E-state index >= 15 is 0 Å². The van der Waals surface area contributed by atoms with Crippen LogP contribution < -0.4 is 4.74 Å². The van der Waals surface area contributed by atoms with Crippen LogP contribution in [0, 0.1) is 11.3 Å². The van der Waals surface area contributed by atoms with Gasteiger partial charge in [-0.15, -0.1) is 0 Å². The van der Waals surface area contributed by atoms with Crippen LogP contribution >= 0.6 is 0 Å². The van der Waals surface area contributed by atoms with Crippen LogP contribution in [0.15, 0.2) is 24.3 Å². The van der Waals surface area contributed by atoms with Gasteiger partial charge in [0.05, 0.1) is 12.5 Å². The molecule has 1 aromatic carbocycles. The van der Waals surface area contributed by atoms with Crippen molar-refractivity contribution in [2.75, 3.05) is 0 Å². The fraction of sp³-hybridized carbons (Fsp3) is 0.429. The summed E-state index contributed by atoms with van der Waals surface area (Å²) in [5.41, 5.74) is 0.986. The van der Waals surface area contributed by atoms with E-state index in [9.17, 15) is 4.79 Å². The van der Waals surface area contributed by atoms with Crippen LogP contribution in [0.5, 0.6) is 5.75 Å². The number of rotatable bonds is 3. The second-order valence-corrected chi connectivity index (χ2v) is 4.35. The molecule has 0 radical (unpaired) electrons. The van der Waals surface area contributed by atoms with Gasteiger partial charge in [-0.05, 0) is 30.5 Å². The molecule has 1 aromatic rings. The van der Waals surface area contributed by atoms with Gasteiger partial charge in [0, 0.05) is 12.8 Å². The second kappa shape index (κ2) is 5.49. The van der Waals surface area contributed by atoms with Crippen molar-refractivity contribution >= 4 is 5.78 Å². The Morgan fingerprint density at radius 2 is 2.12 bits per heavy atom. The Hall–Kier alpha value is -1.82. The van der Waals surface area contributed by atoms with Gasteiger partial charge >= 0.3 is 0 Å². The van der Waals surface area contributed by atoms with Crippen LogP contribution in [0.1, 0.15) is 31.2 Å². The lowest BCUT2D eigenvalue weighted by atomic mass is 9.96. The molecule has 0 saturated heterocycles. The summed E-state index contributed by atoms with van der Waals surface area (Å²) in [6.45, 7) is 0. The zero-order chi connectivity index (χ0) is 12.1. The molecule has 1 fully saturated rings. The van der Waals surface area contributed by atoms with Crippen molar-refractivity contribution < 1.29 is 9.53 Å². The minimum atomic E-state index is 0.0260. The Bertz CT molecular complexity index is 431. The Balaban J connectivity index is 1.94. The van der Waals surface area contributed by atoms with Gasteiger partial charge in [0.15, 0.2) is 0 Å². The number of carbonyl (C=O) groups is 1. The molecule has 0 aliphatic heterocycles. The number of benzene rings is 1. The fourth-order valence-electron chi connectivity index (χ4n) is 2.06. The lowest BCUT2D eigenvalue weighted by molar-refractivity contribution is -0.122. The average Bonchev–Trinajstić information content (AvgIpc) is 2.32. The maximum absolute atomic E-state index is 11.3. The zero-order valence-corrected chi connectivity index (χ0v) is 9.69. The van der Waals surface area contributed by atoms with Gasteiger partial charge in [0.1, 0.15) is 17.6 Å². The highest BCUT2D eigenvalue weighted by atomic mass is 16.5. The molecule has 1 aliphatic rings. The molecule has 0 N–H and O–H groups in total. The first kappa shape index (κ1) is 11.7. The van der Waals surface area contributed by atoms with Crippen molar-refractivity contribution in [3.63, 3.8) is 0 Å². The minimum Gasteiger partial charge on any atom is -0.490 e. The molecule has 0 aromatic heterocycles. The average molecular weight is 229 g/mol. The highest BCUT2D eigenvalue weighted by molar-refractivity contribution is 5.79. The lowest BCUT2D eigenvalue weighted by Gasteiger charge is -2.22. The van der Waals surface area contributed by atoms with E-state index in [1.165, 1.54) is 0 Å². The molecular weight excluding hydrogens is 214 g/mol. The molecule has 3 heteroatoms. The monoisotopic (exact) mass is 229 g/mol. The first-order valence-corrected chi connectivity index (χ1v) is 5.92. The summed E-state index contributed by atoms with van der Waals surface area (Å²) in [7, 11) is 0. The molecule has 3 nitrogen and oxygen atoms in total. The lowest BCUT2D eigenvalue weighted by Crippen LogP contribution is -2.25. The Labute approximate surface area is 101 Å². The summed E-state index contributed by atoms with van der Waals surface area (Å²) in [5, 5.41) is 8.56. The molecule has 1 aliphatic carbocycles. The molecular formula is C14H15NO2. The minimum absolute atomic E-state index is 0.0260. The topological polar surface area (TPSA) is 50.1 Å². The van der Waals surface area contributed by atoms with E-state index in [1.807, 2.05) is 24.3 Å². The van der Waals surface area contributed by atoms with Crippen LogP contribution in [-0.2, 0) is 11.2 Å². The maximum atomic E-state index is 11.3. The van der Waals surface area contributed by atoms with Crippen molar-refractivity contribution in [1.29, 1.82) is 5.26 Å². The van der Waals surface area contributed by atoms with Crippen LogP contribution in [-0.4, -0.2) is 11.9 Å². The fourth-order valence-corrected chi connectivity index (χ4v) is 2.06. The first-order chi connectivity index (χ1) is 8.28. The van der Waals surface area contributed by atoms with E-state index < -0.39 is 0 Å². The van der Waals surface area contributed by atoms with Gasteiger partial charge in [-0.1, -0.05) is 12.1 Å². The predicted octanol–water partition coefficient (Wildman–Crippen LogP) is 2.64. The molecule has 0 heterocycles. The third kappa shape index (κ3) is 3.32. The van der Waals surface area contributed by atoms with Crippen LogP contribution in [0.2, 0.25) is 0 Å². The highest BCUT2D eigenvalue weighted by Gasteiger charge is 2.20. The quantitative estimate of drug-likeness (QED) is 0.800. The number of carbonyl (C=O) groups excluding carboxylic acids is 1. The van der Waals surface area contributed by atoms with Crippen molar-refractivity contribution in [3.05, 3.63) is 29.8 Å². The molecule has 0 amide bonds. The molecule has 17 heavy (non-hydrogen) atoms. The van der Waals surface area contributed by atoms with Crippen LogP contribution in [0.25, 0.3) is 0 Å². The van der Waals surface area contributed by atoms with Crippen LogP contribution in [0.3, 0.4) is 0 Å². The summed E-state index contributed by atoms with van der Waals surface area (Å²) < 4.78 is 5.76. The standard InChI is InChI=1S/C14H15NO2/c15-9-8-11-4-6-13(7-5-11)17-14-3-1-2-12(16)10-14/h4-7,14H,1-3,8,10H2. The second-order valence-electron chi connectivity index (χ2n) is 4.35. The van der Waals surface area contributed by atoms with Crippen LogP contribution in [0.4, 0.5) is 0 Å². The number of ether oxygens (including phenoxy) is 1. The predicted molar refractivity (Wildman–Crippen MR) is 63.7 cm³/mol. The number of nitriles is 1. The molecule has 1 atom stereocenters. The number of Topliss-reactive ketones (excluding diaryl/α,β-unsaturated/α-hetero) is 1. The van der Waals surface area contributed by atoms with Crippen molar-refractivity contribution in [3.8, 4) is 11.8 Å². The van der Waals surface area contributed by atoms with E-state index in [2.05, 4.69) is 6.07 Å². The zero-order valence-electron chi connectivity index (χ0n) is 9.69. The van der Waals surface area contributed by atoms with Gasteiger partial charge in [-0.25, -0.2) is 0 Å². The summed E-state index contributed by atoms with van der Waals surface area (Å²) in [5.74, 6) is 1.08. The van der Waals surface area contributed by atoms with Gasteiger partial charge in [0.25, 0.3) is 0 Å².